The van der Waals surface area contributed by atoms with Gasteiger partial charge in [-0.15, -0.1) is 0 Å². The van der Waals surface area contributed by atoms with E-state index >= 15 is 0 Å². The third kappa shape index (κ3) is 3.30. The van der Waals surface area contributed by atoms with Crippen LogP contribution >= 0.6 is 0 Å². The number of nitrogens with zero attached hydrogens (tertiary/aromatic N) is 5. The van der Waals surface area contributed by atoms with Crippen molar-refractivity contribution < 1.29 is 4.74 Å². The summed E-state index contributed by atoms with van der Waals surface area (Å²) in [5, 5.41) is 0. The summed E-state index contributed by atoms with van der Waals surface area (Å²) in [7, 11) is 3.50. The van der Waals surface area contributed by atoms with E-state index in [4.69, 9.17) is 9.72 Å². The second kappa shape index (κ2) is 7.48. The second-order valence-electron chi connectivity index (χ2n) is 8.11. The standard InChI is InChI=1S/C23H25N5O2/c1-26-22(29)11-21(16-6-8-24-9-7-16)25-23(26)28-14-17-12-27(13-18(17)15-28)19-4-3-5-20(10-19)30-2/h3-11,17-18H,12-15H2,1-2H3/t17-,18+. The molecule has 0 radical (unpaired) electrons. The Morgan fingerprint density at radius 1 is 0.967 bits per heavy atom. The Labute approximate surface area is 175 Å². The van der Waals surface area contributed by atoms with Crippen LogP contribution in [-0.4, -0.2) is 47.8 Å². The lowest BCUT2D eigenvalue weighted by Crippen LogP contribution is -2.33. The van der Waals surface area contributed by atoms with Crippen molar-refractivity contribution in [3.05, 3.63) is 65.2 Å². The Morgan fingerprint density at radius 2 is 1.67 bits per heavy atom. The summed E-state index contributed by atoms with van der Waals surface area (Å²) in [5.74, 6) is 2.74. The first-order valence-electron chi connectivity index (χ1n) is 10.2. The van der Waals surface area contributed by atoms with Gasteiger partial charge < -0.3 is 14.5 Å². The van der Waals surface area contributed by atoms with Crippen molar-refractivity contribution >= 4 is 11.6 Å². The molecule has 154 valence electrons. The predicted octanol–water partition coefficient (Wildman–Crippen LogP) is 2.42. The maximum absolute atomic E-state index is 12.6. The van der Waals surface area contributed by atoms with Crippen LogP contribution < -0.4 is 20.1 Å². The average Bonchev–Trinajstić information content (AvgIpc) is 3.35. The second-order valence-corrected chi connectivity index (χ2v) is 8.11. The minimum atomic E-state index is -0.0399. The van der Waals surface area contributed by atoms with Gasteiger partial charge in [0.1, 0.15) is 5.75 Å². The summed E-state index contributed by atoms with van der Waals surface area (Å²) in [6, 6.07) is 13.6. The summed E-state index contributed by atoms with van der Waals surface area (Å²) in [5.41, 5.74) is 2.78. The van der Waals surface area contributed by atoms with Gasteiger partial charge >= 0.3 is 0 Å². The number of anilines is 2. The van der Waals surface area contributed by atoms with Crippen molar-refractivity contribution in [3.8, 4) is 17.0 Å². The van der Waals surface area contributed by atoms with Crippen LogP contribution in [0.1, 0.15) is 0 Å². The van der Waals surface area contributed by atoms with Gasteiger partial charge in [-0.1, -0.05) is 6.07 Å². The molecule has 2 atom stereocenters. The quantitative estimate of drug-likeness (QED) is 0.667. The van der Waals surface area contributed by atoms with Crippen LogP contribution in [0.4, 0.5) is 11.6 Å². The number of benzene rings is 1. The molecule has 2 saturated heterocycles. The summed E-state index contributed by atoms with van der Waals surface area (Å²) < 4.78 is 7.03. The third-order valence-corrected chi connectivity index (χ3v) is 6.27. The van der Waals surface area contributed by atoms with Gasteiger partial charge in [0.15, 0.2) is 0 Å². The minimum absolute atomic E-state index is 0.0399. The summed E-state index contributed by atoms with van der Waals surface area (Å²) in [4.78, 5) is 26.2. The van der Waals surface area contributed by atoms with Gasteiger partial charge in [-0.05, 0) is 24.3 Å². The highest BCUT2D eigenvalue weighted by molar-refractivity contribution is 5.60. The molecule has 1 aromatic carbocycles. The fourth-order valence-electron chi connectivity index (χ4n) is 4.66. The molecular weight excluding hydrogens is 378 g/mol. The average molecular weight is 403 g/mol. The highest BCUT2D eigenvalue weighted by Crippen LogP contribution is 2.36. The maximum Gasteiger partial charge on any atom is 0.255 e. The van der Waals surface area contributed by atoms with Crippen LogP contribution in [0, 0.1) is 11.8 Å². The van der Waals surface area contributed by atoms with Gasteiger partial charge in [0, 0.05) is 80.8 Å². The lowest BCUT2D eigenvalue weighted by Gasteiger charge is -2.25. The van der Waals surface area contributed by atoms with E-state index in [1.165, 1.54) is 5.69 Å². The van der Waals surface area contributed by atoms with Gasteiger partial charge in [-0.3, -0.25) is 14.3 Å². The number of hydrogen-bond acceptors (Lipinski definition) is 6. The molecule has 2 aliphatic heterocycles. The first-order valence-corrected chi connectivity index (χ1v) is 10.2. The molecule has 7 heteroatoms. The van der Waals surface area contributed by atoms with Gasteiger partial charge in [0.05, 0.1) is 12.8 Å². The molecule has 0 bridgehead atoms. The lowest BCUT2D eigenvalue weighted by atomic mass is 10.0. The van der Waals surface area contributed by atoms with Crippen LogP contribution in [0.2, 0.25) is 0 Å². The number of methoxy groups -OCH3 is 1. The van der Waals surface area contributed by atoms with E-state index in [-0.39, 0.29) is 5.56 Å². The molecule has 0 saturated carbocycles. The van der Waals surface area contributed by atoms with Crippen LogP contribution in [0.15, 0.2) is 59.7 Å². The monoisotopic (exact) mass is 403 g/mol. The number of rotatable bonds is 4. The van der Waals surface area contributed by atoms with E-state index in [1.807, 2.05) is 24.3 Å². The molecule has 0 aliphatic carbocycles. The molecule has 3 aromatic rings. The summed E-state index contributed by atoms with van der Waals surface area (Å²) in [6.45, 7) is 3.83. The van der Waals surface area contributed by atoms with E-state index in [9.17, 15) is 4.79 Å². The molecule has 0 amide bonds. The van der Waals surface area contributed by atoms with E-state index in [1.54, 1.807) is 37.2 Å². The number of ether oxygens (including phenoxy) is 1. The zero-order valence-electron chi connectivity index (χ0n) is 17.2. The lowest BCUT2D eigenvalue weighted by molar-refractivity contribution is 0.415. The summed E-state index contributed by atoms with van der Waals surface area (Å²) in [6.07, 6.45) is 3.45. The zero-order chi connectivity index (χ0) is 20.7. The number of fused-ring (bicyclic) bond motifs is 1. The molecule has 4 heterocycles. The fourth-order valence-corrected chi connectivity index (χ4v) is 4.66. The molecule has 0 unspecified atom stereocenters. The highest BCUT2D eigenvalue weighted by Gasteiger charge is 2.41. The predicted molar refractivity (Wildman–Crippen MR) is 117 cm³/mol. The molecule has 2 fully saturated rings. The Hall–Kier alpha value is -3.35. The van der Waals surface area contributed by atoms with E-state index in [2.05, 4.69) is 26.9 Å². The van der Waals surface area contributed by atoms with Crippen LogP contribution in [-0.2, 0) is 7.05 Å². The number of pyridine rings is 1. The minimum Gasteiger partial charge on any atom is -0.497 e. The molecule has 7 nitrogen and oxygen atoms in total. The normalized spacial score (nSPS) is 20.5. The van der Waals surface area contributed by atoms with Crippen LogP contribution in [0.5, 0.6) is 5.75 Å². The van der Waals surface area contributed by atoms with Crippen molar-refractivity contribution in [3.63, 3.8) is 0 Å². The molecule has 5 rings (SSSR count). The van der Waals surface area contributed by atoms with Crippen molar-refractivity contribution in [2.75, 3.05) is 43.1 Å². The third-order valence-electron chi connectivity index (χ3n) is 6.27. The maximum atomic E-state index is 12.6. The Balaban J connectivity index is 1.36. The van der Waals surface area contributed by atoms with Gasteiger partial charge in [-0.25, -0.2) is 4.98 Å². The van der Waals surface area contributed by atoms with Gasteiger partial charge in [-0.2, -0.15) is 0 Å². The molecule has 0 spiro atoms. The fraction of sp³-hybridized carbons (Fsp3) is 0.348. The Kier molecular flexibility index (Phi) is 4.65. The van der Waals surface area contributed by atoms with Gasteiger partial charge in [0.2, 0.25) is 5.95 Å². The van der Waals surface area contributed by atoms with Crippen molar-refractivity contribution in [1.82, 2.24) is 14.5 Å². The highest BCUT2D eigenvalue weighted by atomic mass is 16.5. The van der Waals surface area contributed by atoms with Crippen molar-refractivity contribution in [1.29, 1.82) is 0 Å². The van der Waals surface area contributed by atoms with Crippen molar-refractivity contribution in [2.45, 2.75) is 0 Å². The number of aromatic nitrogens is 3. The number of hydrogen-bond donors (Lipinski definition) is 0. The largest absolute Gasteiger partial charge is 0.497 e. The SMILES string of the molecule is COc1cccc(N2C[C@@H]3CN(c4nc(-c5ccncc5)cc(=O)n4C)C[C@@H]3C2)c1. The van der Waals surface area contributed by atoms with Crippen LogP contribution in [0.3, 0.4) is 0 Å². The smallest absolute Gasteiger partial charge is 0.255 e. The Morgan fingerprint density at radius 3 is 2.37 bits per heavy atom. The van der Waals surface area contributed by atoms with E-state index < -0.39 is 0 Å². The first-order chi connectivity index (χ1) is 14.6. The molecule has 0 N–H and O–H groups in total. The zero-order valence-corrected chi connectivity index (χ0v) is 17.2. The molecule has 30 heavy (non-hydrogen) atoms. The van der Waals surface area contributed by atoms with Gasteiger partial charge in [0.25, 0.3) is 5.56 Å². The van der Waals surface area contributed by atoms with Crippen molar-refractivity contribution in [2.24, 2.45) is 18.9 Å². The Bertz CT molecular complexity index is 1100. The molecule has 2 aliphatic rings. The summed E-state index contributed by atoms with van der Waals surface area (Å²) >= 11 is 0. The molecule has 2 aromatic heterocycles. The molecular formula is C23H25N5O2. The van der Waals surface area contributed by atoms with E-state index in [0.717, 1.165) is 43.4 Å². The topological polar surface area (TPSA) is 63.5 Å². The first kappa shape index (κ1) is 18.7. The van der Waals surface area contributed by atoms with E-state index in [0.29, 0.717) is 17.5 Å². The van der Waals surface area contributed by atoms with Crippen LogP contribution in [0.25, 0.3) is 11.3 Å².